The van der Waals surface area contributed by atoms with E-state index in [2.05, 4.69) is 5.32 Å². The summed E-state index contributed by atoms with van der Waals surface area (Å²) in [6.45, 7) is 1.89. The fourth-order valence-electron chi connectivity index (χ4n) is 1.72. The Labute approximate surface area is 98.2 Å². The van der Waals surface area contributed by atoms with E-state index in [-0.39, 0.29) is 24.5 Å². The highest BCUT2D eigenvalue weighted by atomic mass is 35.5. The Balaban J connectivity index is 2.24. The summed E-state index contributed by atoms with van der Waals surface area (Å²) >= 11 is 5.77. The van der Waals surface area contributed by atoms with Gasteiger partial charge in [0.15, 0.2) is 0 Å². The van der Waals surface area contributed by atoms with E-state index in [1.165, 1.54) is 4.90 Å². The van der Waals surface area contributed by atoms with Crippen LogP contribution in [0.2, 0.25) is 5.02 Å². The SMILES string of the molecule is CC(c1ccc(Cl)cc1)N1C(=O)CNC1=O. The van der Waals surface area contributed by atoms with Crippen molar-refractivity contribution in [1.29, 1.82) is 0 Å². The monoisotopic (exact) mass is 238 g/mol. The Kier molecular flexibility index (Phi) is 2.83. The molecule has 84 valence electrons. The number of nitrogens with zero attached hydrogens (tertiary/aromatic N) is 1. The highest BCUT2D eigenvalue weighted by Crippen LogP contribution is 2.23. The van der Waals surface area contributed by atoms with Crippen molar-refractivity contribution in [3.8, 4) is 0 Å². The van der Waals surface area contributed by atoms with Gasteiger partial charge in [0, 0.05) is 5.02 Å². The molecule has 0 aliphatic carbocycles. The number of benzene rings is 1. The molecular weight excluding hydrogens is 228 g/mol. The molecule has 0 aromatic heterocycles. The molecule has 1 aromatic carbocycles. The van der Waals surface area contributed by atoms with Crippen LogP contribution in [-0.2, 0) is 4.79 Å². The van der Waals surface area contributed by atoms with Gasteiger partial charge in [0.2, 0.25) is 0 Å². The second-order valence-corrected chi connectivity index (χ2v) is 4.09. The molecule has 1 atom stereocenters. The first-order chi connectivity index (χ1) is 7.59. The van der Waals surface area contributed by atoms with Gasteiger partial charge in [0.25, 0.3) is 5.91 Å². The minimum absolute atomic E-state index is 0.0801. The highest BCUT2D eigenvalue weighted by molar-refractivity contribution is 6.30. The van der Waals surface area contributed by atoms with E-state index in [9.17, 15) is 9.59 Å². The van der Waals surface area contributed by atoms with Gasteiger partial charge in [-0.1, -0.05) is 23.7 Å². The summed E-state index contributed by atoms with van der Waals surface area (Å²) in [6, 6.07) is 6.50. The van der Waals surface area contributed by atoms with Gasteiger partial charge in [0.1, 0.15) is 0 Å². The van der Waals surface area contributed by atoms with E-state index in [0.717, 1.165) is 5.56 Å². The second kappa shape index (κ2) is 4.14. The fraction of sp³-hybridized carbons (Fsp3) is 0.273. The molecule has 1 unspecified atom stereocenters. The van der Waals surface area contributed by atoms with E-state index in [0.29, 0.717) is 5.02 Å². The van der Waals surface area contributed by atoms with Crippen molar-refractivity contribution in [2.24, 2.45) is 0 Å². The number of hydrogen-bond acceptors (Lipinski definition) is 2. The third kappa shape index (κ3) is 1.88. The van der Waals surface area contributed by atoms with E-state index in [4.69, 9.17) is 11.6 Å². The topological polar surface area (TPSA) is 49.4 Å². The summed E-state index contributed by atoms with van der Waals surface area (Å²) in [6.07, 6.45) is 0. The Hall–Kier alpha value is -1.55. The van der Waals surface area contributed by atoms with Crippen molar-refractivity contribution >= 4 is 23.5 Å². The molecule has 1 aliphatic heterocycles. The molecule has 0 saturated carbocycles. The molecule has 1 aliphatic rings. The van der Waals surface area contributed by atoms with Crippen molar-refractivity contribution in [3.05, 3.63) is 34.9 Å². The number of urea groups is 1. The minimum atomic E-state index is -0.340. The summed E-state index contributed by atoms with van der Waals surface area (Å²) in [7, 11) is 0. The third-order valence-corrected chi connectivity index (χ3v) is 2.87. The van der Waals surface area contributed by atoms with Gasteiger partial charge in [-0.15, -0.1) is 0 Å². The number of carbonyl (C=O) groups excluding carboxylic acids is 2. The van der Waals surface area contributed by atoms with Crippen LogP contribution in [0.15, 0.2) is 24.3 Å². The average Bonchev–Trinajstić information content (AvgIpc) is 2.59. The van der Waals surface area contributed by atoms with Crippen LogP contribution in [0, 0.1) is 0 Å². The number of hydrogen-bond donors (Lipinski definition) is 1. The van der Waals surface area contributed by atoms with Crippen molar-refractivity contribution in [1.82, 2.24) is 10.2 Å². The Bertz CT molecular complexity index is 414. The smallest absolute Gasteiger partial charge is 0.325 e. The summed E-state index contributed by atoms with van der Waals surface area (Å²) in [4.78, 5) is 24.1. The van der Waals surface area contributed by atoms with E-state index in [1.54, 1.807) is 12.1 Å². The van der Waals surface area contributed by atoms with Crippen molar-refractivity contribution < 1.29 is 9.59 Å². The largest absolute Gasteiger partial charge is 0.329 e. The van der Waals surface area contributed by atoms with Crippen LogP contribution in [0.5, 0.6) is 0 Å². The maximum absolute atomic E-state index is 11.5. The Morgan fingerprint density at radius 1 is 1.31 bits per heavy atom. The lowest BCUT2D eigenvalue weighted by Gasteiger charge is -2.21. The predicted octanol–water partition coefficient (Wildman–Crippen LogP) is 1.95. The van der Waals surface area contributed by atoms with Crippen molar-refractivity contribution in [3.63, 3.8) is 0 Å². The first kappa shape index (κ1) is 11.0. The van der Waals surface area contributed by atoms with E-state index in [1.807, 2.05) is 19.1 Å². The van der Waals surface area contributed by atoms with Crippen LogP contribution < -0.4 is 5.32 Å². The van der Waals surface area contributed by atoms with Gasteiger partial charge in [-0.25, -0.2) is 4.79 Å². The van der Waals surface area contributed by atoms with Gasteiger partial charge in [-0.2, -0.15) is 0 Å². The fourth-order valence-corrected chi connectivity index (χ4v) is 1.84. The number of nitrogens with one attached hydrogen (secondary N) is 1. The van der Waals surface area contributed by atoms with Gasteiger partial charge in [0.05, 0.1) is 12.6 Å². The molecule has 4 nitrogen and oxygen atoms in total. The second-order valence-electron chi connectivity index (χ2n) is 3.65. The summed E-state index contributed by atoms with van der Waals surface area (Å²) in [5, 5.41) is 3.13. The normalized spacial score (nSPS) is 17.5. The predicted molar refractivity (Wildman–Crippen MR) is 60.1 cm³/mol. The lowest BCUT2D eigenvalue weighted by atomic mass is 10.1. The zero-order valence-electron chi connectivity index (χ0n) is 8.74. The van der Waals surface area contributed by atoms with Gasteiger partial charge >= 0.3 is 6.03 Å². The third-order valence-electron chi connectivity index (χ3n) is 2.62. The van der Waals surface area contributed by atoms with E-state index < -0.39 is 0 Å². The zero-order valence-corrected chi connectivity index (χ0v) is 9.49. The molecule has 0 bridgehead atoms. The molecule has 0 radical (unpaired) electrons. The van der Waals surface area contributed by atoms with Crippen LogP contribution in [0.1, 0.15) is 18.5 Å². The summed E-state index contributed by atoms with van der Waals surface area (Å²) in [5.74, 6) is -0.201. The molecule has 1 aromatic rings. The first-order valence-corrected chi connectivity index (χ1v) is 5.33. The molecule has 2 rings (SSSR count). The molecule has 1 saturated heterocycles. The van der Waals surface area contributed by atoms with Crippen LogP contribution in [0.3, 0.4) is 0 Å². The molecular formula is C11H11ClN2O2. The molecule has 0 spiro atoms. The van der Waals surface area contributed by atoms with Crippen LogP contribution in [-0.4, -0.2) is 23.4 Å². The van der Waals surface area contributed by atoms with Gasteiger partial charge in [-0.3, -0.25) is 9.69 Å². The molecule has 5 heteroatoms. The number of imide groups is 1. The van der Waals surface area contributed by atoms with Gasteiger partial charge < -0.3 is 5.32 Å². The minimum Gasteiger partial charge on any atom is -0.329 e. The molecule has 16 heavy (non-hydrogen) atoms. The summed E-state index contributed by atoms with van der Waals surface area (Å²) < 4.78 is 0. The van der Waals surface area contributed by atoms with E-state index >= 15 is 0 Å². The maximum Gasteiger partial charge on any atom is 0.325 e. The van der Waals surface area contributed by atoms with Crippen molar-refractivity contribution in [2.45, 2.75) is 13.0 Å². The van der Waals surface area contributed by atoms with Crippen LogP contribution in [0.25, 0.3) is 0 Å². The number of carbonyl (C=O) groups is 2. The standard InChI is InChI=1S/C11H11ClN2O2/c1-7(8-2-4-9(12)5-3-8)14-10(15)6-13-11(14)16/h2-5,7H,6H2,1H3,(H,13,16). The lowest BCUT2D eigenvalue weighted by Crippen LogP contribution is -2.33. The number of amides is 3. The highest BCUT2D eigenvalue weighted by Gasteiger charge is 2.33. The Morgan fingerprint density at radius 3 is 2.44 bits per heavy atom. The average molecular weight is 239 g/mol. The molecule has 1 fully saturated rings. The maximum atomic E-state index is 11.5. The molecule has 1 heterocycles. The summed E-state index contributed by atoms with van der Waals surface area (Å²) in [5.41, 5.74) is 0.884. The van der Waals surface area contributed by atoms with Gasteiger partial charge in [-0.05, 0) is 24.6 Å². The molecule has 3 amide bonds. The zero-order chi connectivity index (χ0) is 11.7. The number of rotatable bonds is 2. The number of halogens is 1. The first-order valence-electron chi connectivity index (χ1n) is 4.95. The molecule has 1 N–H and O–H groups in total. The quantitative estimate of drug-likeness (QED) is 0.801. The van der Waals surface area contributed by atoms with Crippen LogP contribution >= 0.6 is 11.6 Å². The van der Waals surface area contributed by atoms with Crippen LogP contribution in [0.4, 0.5) is 4.79 Å². The Morgan fingerprint density at radius 2 is 1.94 bits per heavy atom. The van der Waals surface area contributed by atoms with Crippen molar-refractivity contribution in [2.75, 3.05) is 6.54 Å². The lowest BCUT2D eigenvalue weighted by molar-refractivity contribution is -0.126.